The van der Waals surface area contributed by atoms with Crippen LogP contribution in [-0.4, -0.2) is 128 Å². The van der Waals surface area contributed by atoms with Gasteiger partial charge in [-0.05, 0) is 0 Å². The third-order valence-corrected chi connectivity index (χ3v) is 1.27. The second-order valence-corrected chi connectivity index (χ2v) is 2.78. The Labute approximate surface area is 143 Å². The fraction of sp³-hybridized carbons (Fsp3) is 1.00. The molecule has 0 atom stereocenters. The molecule has 0 aromatic carbocycles. The van der Waals surface area contributed by atoms with E-state index in [4.69, 9.17) is 20.0 Å². The van der Waals surface area contributed by atoms with Crippen molar-refractivity contribution in [1.82, 2.24) is 0 Å². The first kappa shape index (κ1) is 25.0. The molecule has 0 unspecified atom stereocenters. The van der Waals surface area contributed by atoms with Crippen LogP contribution in [0.25, 0.3) is 0 Å². The standard InChI is InChI=1S/C3H9O6P.3Na.3H/c4-1-3(2-5)9-10(6,7)8;;;;;;/h3-5H,1-2H2,(H2,6,7,8);;;;;;. The van der Waals surface area contributed by atoms with E-state index in [1.807, 2.05) is 0 Å². The van der Waals surface area contributed by atoms with E-state index < -0.39 is 27.1 Å². The van der Waals surface area contributed by atoms with E-state index in [1.165, 1.54) is 0 Å². The molecule has 0 saturated heterocycles. The molecular formula is C3H12Na3O6P. The number of phosphoric acid groups is 1. The second kappa shape index (κ2) is 13.1. The first-order valence-corrected chi connectivity index (χ1v) is 3.98. The van der Waals surface area contributed by atoms with Crippen LogP contribution in [0.3, 0.4) is 0 Å². The van der Waals surface area contributed by atoms with Gasteiger partial charge in [-0.2, -0.15) is 0 Å². The molecule has 0 heterocycles. The Kier molecular flexibility index (Phi) is 25.2. The van der Waals surface area contributed by atoms with Crippen LogP contribution in [0.2, 0.25) is 0 Å². The molecule has 0 spiro atoms. The molecule has 0 aromatic rings. The minimum absolute atomic E-state index is 0. The average Bonchev–Trinajstić information content (AvgIpc) is 1.81. The molecule has 0 aromatic heterocycles. The molecule has 68 valence electrons. The number of aliphatic hydroxyl groups is 2. The quantitative estimate of drug-likeness (QED) is 0.302. The fourth-order valence-corrected chi connectivity index (χ4v) is 0.840. The second-order valence-electron chi connectivity index (χ2n) is 1.58. The summed E-state index contributed by atoms with van der Waals surface area (Å²) < 4.78 is 13.9. The Hall–Kier alpha value is 3.03. The Bertz CT molecular complexity index is 135. The van der Waals surface area contributed by atoms with E-state index in [0.29, 0.717) is 0 Å². The van der Waals surface area contributed by atoms with Crippen molar-refractivity contribution in [2.75, 3.05) is 13.2 Å². The van der Waals surface area contributed by atoms with Gasteiger partial charge in [0.1, 0.15) is 6.10 Å². The summed E-state index contributed by atoms with van der Waals surface area (Å²) in [6, 6.07) is 0. The average molecular weight is 244 g/mol. The summed E-state index contributed by atoms with van der Waals surface area (Å²) in [6.45, 7) is -1.25. The summed E-state index contributed by atoms with van der Waals surface area (Å²) in [6.07, 6.45) is -1.21. The van der Waals surface area contributed by atoms with Gasteiger partial charge in [0.15, 0.2) is 0 Å². The molecule has 0 aliphatic heterocycles. The van der Waals surface area contributed by atoms with Crippen LogP contribution in [0.4, 0.5) is 0 Å². The topological polar surface area (TPSA) is 107 Å². The van der Waals surface area contributed by atoms with E-state index >= 15 is 0 Å². The predicted octanol–water partition coefficient (Wildman–Crippen LogP) is -3.50. The monoisotopic (exact) mass is 244 g/mol. The number of rotatable bonds is 4. The van der Waals surface area contributed by atoms with Crippen molar-refractivity contribution in [1.29, 1.82) is 0 Å². The van der Waals surface area contributed by atoms with Crippen LogP contribution in [0.1, 0.15) is 0 Å². The molecule has 0 rings (SSSR count). The van der Waals surface area contributed by atoms with E-state index in [0.717, 1.165) is 0 Å². The van der Waals surface area contributed by atoms with Crippen molar-refractivity contribution in [3.63, 3.8) is 0 Å². The molecular weight excluding hydrogens is 232 g/mol. The number of hydrogen-bond acceptors (Lipinski definition) is 4. The van der Waals surface area contributed by atoms with Crippen LogP contribution in [0.15, 0.2) is 0 Å². The molecule has 13 heavy (non-hydrogen) atoms. The third kappa shape index (κ3) is 17.6. The molecule has 4 N–H and O–H groups in total. The van der Waals surface area contributed by atoms with Gasteiger partial charge in [0, 0.05) is 0 Å². The van der Waals surface area contributed by atoms with E-state index in [-0.39, 0.29) is 88.7 Å². The van der Waals surface area contributed by atoms with E-state index in [1.54, 1.807) is 0 Å². The molecule has 0 amide bonds. The summed E-state index contributed by atoms with van der Waals surface area (Å²) in [5.41, 5.74) is 0. The first-order valence-electron chi connectivity index (χ1n) is 2.45. The van der Waals surface area contributed by atoms with Gasteiger partial charge in [-0.3, -0.25) is 4.52 Å². The van der Waals surface area contributed by atoms with Crippen molar-refractivity contribution in [2.45, 2.75) is 6.10 Å². The minimum atomic E-state index is -4.57. The first-order chi connectivity index (χ1) is 4.49. The zero-order valence-electron chi connectivity index (χ0n) is 5.04. The molecule has 0 saturated carbocycles. The maximum atomic E-state index is 10.0. The Morgan fingerprint density at radius 1 is 1.08 bits per heavy atom. The van der Waals surface area contributed by atoms with Gasteiger partial charge < -0.3 is 20.0 Å². The van der Waals surface area contributed by atoms with Crippen molar-refractivity contribution in [3.05, 3.63) is 0 Å². The zero-order chi connectivity index (χ0) is 8.20. The van der Waals surface area contributed by atoms with Gasteiger partial charge in [-0.1, -0.05) is 0 Å². The fourth-order valence-electron chi connectivity index (χ4n) is 0.319. The van der Waals surface area contributed by atoms with Gasteiger partial charge >= 0.3 is 96.5 Å². The van der Waals surface area contributed by atoms with E-state index in [2.05, 4.69) is 4.52 Å². The Morgan fingerprint density at radius 2 is 1.38 bits per heavy atom. The number of aliphatic hydroxyl groups excluding tert-OH is 2. The summed E-state index contributed by atoms with van der Waals surface area (Å²) in [7, 11) is -4.57. The van der Waals surface area contributed by atoms with Gasteiger partial charge in [-0.25, -0.2) is 4.57 Å². The molecule has 0 radical (unpaired) electrons. The third-order valence-electron chi connectivity index (χ3n) is 0.694. The summed E-state index contributed by atoms with van der Waals surface area (Å²) in [4.78, 5) is 16.2. The van der Waals surface area contributed by atoms with Crippen LogP contribution in [-0.2, 0) is 9.09 Å². The molecule has 0 fully saturated rings. The van der Waals surface area contributed by atoms with Gasteiger partial charge in [0.25, 0.3) is 0 Å². The maximum absolute atomic E-state index is 10.0. The van der Waals surface area contributed by atoms with Crippen molar-refractivity contribution in [3.8, 4) is 0 Å². The van der Waals surface area contributed by atoms with Crippen molar-refractivity contribution < 1.29 is 29.1 Å². The van der Waals surface area contributed by atoms with Gasteiger partial charge in [0.2, 0.25) is 0 Å². The van der Waals surface area contributed by atoms with Crippen molar-refractivity contribution in [2.24, 2.45) is 0 Å². The normalized spacial score (nSPS) is 9.62. The van der Waals surface area contributed by atoms with Crippen molar-refractivity contribution >= 4 is 96.5 Å². The summed E-state index contributed by atoms with van der Waals surface area (Å²) >= 11 is 0. The Balaban J connectivity index is -0.000000135. The molecule has 10 heteroatoms. The van der Waals surface area contributed by atoms with Gasteiger partial charge in [-0.15, -0.1) is 0 Å². The van der Waals surface area contributed by atoms with Crippen LogP contribution in [0.5, 0.6) is 0 Å². The van der Waals surface area contributed by atoms with Crippen LogP contribution < -0.4 is 0 Å². The summed E-state index contributed by atoms with van der Waals surface area (Å²) in [5.74, 6) is 0. The molecule has 0 bridgehead atoms. The summed E-state index contributed by atoms with van der Waals surface area (Å²) in [5, 5.41) is 16.5. The Morgan fingerprint density at radius 3 is 1.46 bits per heavy atom. The molecule has 6 nitrogen and oxygen atoms in total. The van der Waals surface area contributed by atoms with Crippen LogP contribution in [0, 0.1) is 0 Å². The predicted molar refractivity (Wildman–Crippen MR) is 52.5 cm³/mol. The van der Waals surface area contributed by atoms with Crippen LogP contribution >= 0.6 is 7.82 Å². The molecule has 0 aliphatic carbocycles. The number of hydrogen-bond donors (Lipinski definition) is 4. The molecule has 0 aliphatic rings. The number of phosphoric ester groups is 1. The van der Waals surface area contributed by atoms with Gasteiger partial charge in [0.05, 0.1) is 13.2 Å². The zero-order valence-corrected chi connectivity index (χ0v) is 5.94. The van der Waals surface area contributed by atoms with E-state index in [9.17, 15) is 4.57 Å². The SMILES string of the molecule is O=P(O)(O)OC(CO)CO.[NaH].[NaH].[NaH].